The Labute approximate surface area is 242 Å². The molecule has 0 spiro atoms. The molecule has 0 atom stereocenters. The topological polar surface area (TPSA) is 80.3 Å². The number of benzene rings is 3. The molecule has 1 amide bonds. The van der Waals surface area contributed by atoms with Gasteiger partial charge < -0.3 is 14.2 Å². The second-order valence-electron chi connectivity index (χ2n) is 7.91. The number of nitrogens with one attached hydrogen (secondary N) is 2. The number of carbonyl (C=O) groups excluding carboxylic acids is 1. The molecule has 11 heteroatoms. The van der Waals surface area contributed by atoms with Gasteiger partial charge in [-0.3, -0.25) is 10.1 Å². The fourth-order valence-corrected chi connectivity index (χ4v) is 4.64. The number of halogens is 4. The van der Waals surface area contributed by atoms with Crippen molar-refractivity contribution in [3.8, 4) is 22.8 Å². The van der Waals surface area contributed by atoms with Crippen LogP contribution in [0.25, 0.3) is 40.0 Å². The van der Waals surface area contributed by atoms with Crippen LogP contribution in [0.4, 0.5) is 5.69 Å². The average molecular weight is 603 g/mol. The molecule has 0 aliphatic carbocycles. The van der Waals surface area contributed by atoms with E-state index in [-0.39, 0.29) is 5.11 Å². The zero-order valence-corrected chi connectivity index (χ0v) is 22.9. The molecule has 190 valence electrons. The molecule has 5 aromatic rings. The van der Waals surface area contributed by atoms with Gasteiger partial charge in [-0.25, -0.2) is 4.98 Å². The van der Waals surface area contributed by atoms with Crippen molar-refractivity contribution in [3.05, 3.63) is 98.7 Å². The van der Waals surface area contributed by atoms with Gasteiger partial charge in [0.2, 0.25) is 11.8 Å². The van der Waals surface area contributed by atoms with Gasteiger partial charge in [-0.1, -0.05) is 52.5 Å². The van der Waals surface area contributed by atoms with Gasteiger partial charge in [0, 0.05) is 22.3 Å². The number of amides is 1. The molecule has 2 aromatic heterocycles. The van der Waals surface area contributed by atoms with Crippen molar-refractivity contribution in [2.24, 2.45) is 0 Å². The Bertz CT molecular complexity index is 1730. The predicted octanol–water partition coefficient (Wildman–Crippen LogP) is 8.89. The van der Waals surface area contributed by atoms with E-state index >= 15 is 0 Å². The fraction of sp³-hybridized carbons (Fsp3) is 0. The predicted molar refractivity (Wildman–Crippen MR) is 157 cm³/mol. The van der Waals surface area contributed by atoms with Crippen LogP contribution >= 0.6 is 58.6 Å². The third kappa shape index (κ3) is 5.88. The number of hydrogen-bond acceptors (Lipinski definition) is 5. The first-order valence-corrected chi connectivity index (χ1v) is 12.9. The highest BCUT2D eigenvalue weighted by Crippen LogP contribution is 2.35. The first-order chi connectivity index (χ1) is 18.3. The highest BCUT2D eigenvalue weighted by atomic mass is 35.5. The lowest BCUT2D eigenvalue weighted by Crippen LogP contribution is -2.32. The minimum atomic E-state index is -0.441. The first kappa shape index (κ1) is 26.3. The van der Waals surface area contributed by atoms with Gasteiger partial charge in [0.1, 0.15) is 17.0 Å². The Morgan fingerprint density at radius 3 is 2.55 bits per heavy atom. The molecule has 0 saturated heterocycles. The summed E-state index contributed by atoms with van der Waals surface area (Å²) in [6.07, 6.45) is 2.82. The second-order valence-corrected chi connectivity index (χ2v) is 9.94. The number of nitrogens with zero attached hydrogens (tertiary/aromatic N) is 1. The lowest BCUT2D eigenvalue weighted by atomic mass is 10.2. The molecule has 0 unspecified atom stereocenters. The molecule has 0 aliphatic rings. The maximum atomic E-state index is 12.4. The van der Waals surface area contributed by atoms with Crippen molar-refractivity contribution in [1.29, 1.82) is 0 Å². The van der Waals surface area contributed by atoms with Gasteiger partial charge in [-0.15, -0.1) is 0 Å². The van der Waals surface area contributed by atoms with E-state index in [0.717, 1.165) is 0 Å². The Morgan fingerprint density at radius 1 is 0.895 bits per heavy atom. The van der Waals surface area contributed by atoms with Crippen LogP contribution in [-0.4, -0.2) is 16.0 Å². The van der Waals surface area contributed by atoms with Crippen LogP contribution in [0.1, 0.15) is 5.76 Å². The molecule has 38 heavy (non-hydrogen) atoms. The van der Waals surface area contributed by atoms with Gasteiger partial charge >= 0.3 is 0 Å². The normalized spacial score (nSPS) is 11.3. The molecule has 2 N–H and O–H groups in total. The molecular formula is C27H15Cl4N3O3S. The summed E-state index contributed by atoms with van der Waals surface area (Å²) >= 11 is 29.8. The molecule has 0 fully saturated rings. The molecule has 0 radical (unpaired) electrons. The fourth-order valence-electron chi connectivity index (χ4n) is 3.54. The Balaban J connectivity index is 1.22. The van der Waals surface area contributed by atoms with Gasteiger partial charge in [0.05, 0.1) is 20.6 Å². The van der Waals surface area contributed by atoms with Crippen LogP contribution in [0.5, 0.6) is 0 Å². The Morgan fingerprint density at radius 2 is 1.74 bits per heavy atom. The monoisotopic (exact) mass is 601 g/mol. The summed E-state index contributed by atoms with van der Waals surface area (Å²) in [6.45, 7) is 0. The first-order valence-electron chi connectivity index (χ1n) is 11.0. The van der Waals surface area contributed by atoms with E-state index in [1.807, 2.05) is 0 Å². The lowest BCUT2D eigenvalue weighted by Gasteiger charge is -2.07. The van der Waals surface area contributed by atoms with Crippen molar-refractivity contribution >= 4 is 92.5 Å². The maximum Gasteiger partial charge on any atom is 0.250 e. The Kier molecular flexibility index (Phi) is 7.74. The van der Waals surface area contributed by atoms with Crippen LogP contribution in [-0.2, 0) is 4.79 Å². The number of oxazole rings is 1. The van der Waals surface area contributed by atoms with Crippen LogP contribution in [0.15, 0.2) is 81.6 Å². The highest BCUT2D eigenvalue weighted by molar-refractivity contribution is 7.80. The minimum Gasteiger partial charge on any atom is -0.457 e. The SMILES string of the molecule is O=C(C=Cc1ccc(-c2cccc(Cl)c2Cl)o1)NC(=S)Nc1ccc2oc(-c3ccc(Cl)cc3Cl)nc2c1. The van der Waals surface area contributed by atoms with Gasteiger partial charge in [-0.2, -0.15) is 0 Å². The summed E-state index contributed by atoms with van der Waals surface area (Å²) in [7, 11) is 0. The number of rotatable bonds is 5. The highest BCUT2D eigenvalue weighted by Gasteiger charge is 2.13. The average Bonchev–Trinajstić information content (AvgIpc) is 3.51. The smallest absolute Gasteiger partial charge is 0.250 e. The third-order valence-electron chi connectivity index (χ3n) is 5.29. The zero-order valence-electron chi connectivity index (χ0n) is 19.1. The van der Waals surface area contributed by atoms with E-state index in [4.69, 9.17) is 67.5 Å². The van der Waals surface area contributed by atoms with E-state index in [2.05, 4.69) is 15.6 Å². The number of thiocarbonyl (C=S) groups is 1. The molecule has 0 bridgehead atoms. The molecule has 2 heterocycles. The van der Waals surface area contributed by atoms with E-state index in [1.54, 1.807) is 66.7 Å². The Hall–Kier alpha value is -3.33. The summed E-state index contributed by atoms with van der Waals surface area (Å²) < 4.78 is 11.6. The van der Waals surface area contributed by atoms with E-state index in [9.17, 15) is 4.79 Å². The number of fused-ring (bicyclic) bond motifs is 1. The van der Waals surface area contributed by atoms with E-state index in [0.29, 0.717) is 65.4 Å². The zero-order chi connectivity index (χ0) is 26.8. The van der Waals surface area contributed by atoms with Gasteiger partial charge in [-0.05, 0) is 79.0 Å². The number of anilines is 1. The number of hydrogen-bond donors (Lipinski definition) is 2. The summed E-state index contributed by atoms with van der Waals surface area (Å²) in [6, 6.07) is 19.0. The van der Waals surface area contributed by atoms with Crippen molar-refractivity contribution in [2.45, 2.75) is 0 Å². The minimum absolute atomic E-state index is 0.106. The molecule has 3 aromatic carbocycles. The van der Waals surface area contributed by atoms with Gasteiger partial charge in [0.15, 0.2) is 10.7 Å². The molecular weight excluding hydrogens is 588 g/mol. The largest absolute Gasteiger partial charge is 0.457 e. The molecule has 5 rings (SSSR count). The van der Waals surface area contributed by atoms with E-state index < -0.39 is 5.91 Å². The number of carbonyl (C=O) groups is 1. The molecule has 0 saturated carbocycles. The lowest BCUT2D eigenvalue weighted by molar-refractivity contribution is -0.115. The number of furan rings is 1. The van der Waals surface area contributed by atoms with Crippen LogP contribution < -0.4 is 10.6 Å². The van der Waals surface area contributed by atoms with Crippen LogP contribution in [0.2, 0.25) is 20.1 Å². The summed E-state index contributed by atoms with van der Waals surface area (Å²) in [5.41, 5.74) is 3.03. The standard InChI is InChI=1S/C27H15Cl4N3O3S/c28-14-4-8-17(20(30)12-14)26-33-21-13-15(5-9-23(21)37-26)32-27(38)34-24(35)11-7-16-6-10-22(36-16)18-2-1-3-19(29)25(18)31/h1-13H,(H2,32,34,35,38). The van der Waals surface area contributed by atoms with Crippen molar-refractivity contribution in [2.75, 3.05) is 5.32 Å². The van der Waals surface area contributed by atoms with E-state index in [1.165, 1.54) is 12.2 Å². The van der Waals surface area contributed by atoms with Crippen molar-refractivity contribution in [1.82, 2.24) is 10.3 Å². The second kappa shape index (κ2) is 11.2. The van der Waals surface area contributed by atoms with Crippen LogP contribution in [0, 0.1) is 0 Å². The molecule has 6 nitrogen and oxygen atoms in total. The van der Waals surface area contributed by atoms with Gasteiger partial charge in [0.25, 0.3) is 0 Å². The summed E-state index contributed by atoms with van der Waals surface area (Å²) in [5, 5.41) is 7.41. The summed E-state index contributed by atoms with van der Waals surface area (Å²) in [5.74, 6) is 0.902. The van der Waals surface area contributed by atoms with Crippen molar-refractivity contribution in [3.63, 3.8) is 0 Å². The van der Waals surface area contributed by atoms with Crippen molar-refractivity contribution < 1.29 is 13.6 Å². The van der Waals surface area contributed by atoms with Crippen LogP contribution in [0.3, 0.4) is 0 Å². The third-order valence-corrected chi connectivity index (χ3v) is 6.86. The summed E-state index contributed by atoms with van der Waals surface area (Å²) in [4.78, 5) is 16.9. The quantitative estimate of drug-likeness (QED) is 0.154. The number of aromatic nitrogens is 1. The maximum absolute atomic E-state index is 12.4. The molecule has 0 aliphatic heterocycles.